The number of hydrogen-bond donors (Lipinski definition) is 0. The summed E-state index contributed by atoms with van der Waals surface area (Å²) in [5.41, 5.74) is 2.38. The Balaban J connectivity index is 2.15. The molecule has 0 fully saturated rings. The second-order valence-corrected chi connectivity index (χ2v) is 6.19. The van der Waals surface area contributed by atoms with E-state index in [-0.39, 0.29) is 0 Å². The van der Waals surface area contributed by atoms with Crippen molar-refractivity contribution in [3.05, 3.63) is 40.1 Å². The summed E-state index contributed by atoms with van der Waals surface area (Å²) in [4.78, 5) is 1.21. The summed E-state index contributed by atoms with van der Waals surface area (Å²) < 4.78 is 8.49. The Morgan fingerprint density at radius 2 is 2.15 bits per heavy atom. The number of benzene rings is 1. The molecule has 0 atom stereocenters. The average Bonchev–Trinajstić information content (AvgIpc) is 2.81. The van der Waals surface area contributed by atoms with Gasteiger partial charge in [-0.2, -0.15) is 5.10 Å². The fraction of sp³-hybridized carbons (Fsp3) is 0.400. The number of ether oxygens (including phenoxy) is 1. The molecule has 0 aliphatic carbocycles. The maximum atomic E-state index is 5.26. The lowest BCUT2D eigenvalue weighted by Gasteiger charge is -2.07. The minimum atomic E-state index is 0.895. The van der Waals surface area contributed by atoms with E-state index in [4.69, 9.17) is 4.74 Å². The highest BCUT2D eigenvalue weighted by Crippen LogP contribution is 2.30. The number of halogens is 1. The van der Waals surface area contributed by atoms with Crippen LogP contribution >= 0.6 is 27.7 Å². The molecular formula is C15H19BrN2OS. The molecule has 1 aromatic carbocycles. The normalized spacial score (nSPS) is 10.8. The predicted molar refractivity (Wildman–Crippen MR) is 87.5 cm³/mol. The summed E-state index contributed by atoms with van der Waals surface area (Å²) in [6, 6.07) is 8.15. The van der Waals surface area contributed by atoms with Crippen LogP contribution in [0.25, 0.3) is 0 Å². The van der Waals surface area contributed by atoms with E-state index in [0.717, 1.165) is 34.6 Å². The van der Waals surface area contributed by atoms with Gasteiger partial charge in [0.05, 0.1) is 23.0 Å². The Bertz CT molecular complexity index is 583. The molecule has 2 aromatic rings. The van der Waals surface area contributed by atoms with Crippen molar-refractivity contribution < 1.29 is 4.74 Å². The SMILES string of the molecule is CCc1nn(CC)c(CSc2cccc(OC)c2)c1Br. The molecule has 0 bridgehead atoms. The fourth-order valence-electron chi connectivity index (χ4n) is 2.00. The largest absolute Gasteiger partial charge is 0.497 e. The molecule has 0 amide bonds. The summed E-state index contributed by atoms with van der Waals surface area (Å²) >= 11 is 5.48. The van der Waals surface area contributed by atoms with Crippen LogP contribution < -0.4 is 4.74 Å². The van der Waals surface area contributed by atoms with Gasteiger partial charge in [-0.3, -0.25) is 4.68 Å². The van der Waals surface area contributed by atoms with Crippen molar-refractivity contribution >= 4 is 27.7 Å². The quantitative estimate of drug-likeness (QED) is 0.713. The maximum Gasteiger partial charge on any atom is 0.119 e. The third kappa shape index (κ3) is 3.38. The predicted octanol–water partition coefficient (Wildman–Crippen LogP) is 4.53. The lowest BCUT2D eigenvalue weighted by atomic mass is 10.3. The van der Waals surface area contributed by atoms with Crippen molar-refractivity contribution in [2.45, 2.75) is 37.5 Å². The number of nitrogens with zero attached hydrogens (tertiary/aromatic N) is 2. The van der Waals surface area contributed by atoms with Gasteiger partial charge in [0.2, 0.25) is 0 Å². The molecule has 0 aliphatic rings. The molecule has 0 saturated heterocycles. The van der Waals surface area contributed by atoms with E-state index in [1.807, 2.05) is 12.1 Å². The van der Waals surface area contributed by atoms with E-state index < -0.39 is 0 Å². The van der Waals surface area contributed by atoms with Crippen molar-refractivity contribution in [1.82, 2.24) is 9.78 Å². The van der Waals surface area contributed by atoms with Crippen molar-refractivity contribution in [3.8, 4) is 5.75 Å². The van der Waals surface area contributed by atoms with E-state index in [1.54, 1.807) is 18.9 Å². The molecule has 0 radical (unpaired) electrons. The minimum absolute atomic E-state index is 0.895. The maximum absolute atomic E-state index is 5.26. The highest BCUT2D eigenvalue weighted by molar-refractivity contribution is 9.10. The van der Waals surface area contributed by atoms with Crippen molar-refractivity contribution in [2.24, 2.45) is 0 Å². The van der Waals surface area contributed by atoms with Crippen LogP contribution in [0.1, 0.15) is 25.2 Å². The van der Waals surface area contributed by atoms with Gasteiger partial charge < -0.3 is 4.74 Å². The Morgan fingerprint density at radius 3 is 2.80 bits per heavy atom. The molecular weight excluding hydrogens is 336 g/mol. The van der Waals surface area contributed by atoms with E-state index in [0.29, 0.717) is 0 Å². The van der Waals surface area contributed by atoms with Gasteiger partial charge in [-0.05, 0) is 47.5 Å². The van der Waals surface area contributed by atoms with E-state index in [2.05, 4.69) is 51.7 Å². The average molecular weight is 355 g/mol. The van der Waals surface area contributed by atoms with Crippen LogP contribution in [0, 0.1) is 0 Å². The summed E-state index contributed by atoms with van der Waals surface area (Å²) in [6.45, 7) is 5.15. The van der Waals surface area contributed by atoms with Crippen LogP contribution in [-0.4, -0.2) is 16.9 Å². The Kier molecular flexibility index (Phi) is 5.54. The third-order valence-corrected chi connectivity index (χ3v) is 5.03. The monoisotopic (exact) mass is 354 g/mol. The topological polar surface area (TPSA) is 27.1 Å². The summed E-state index contributed by atoms with van der Waals surface area (Å²) in [7, 11) is 1.69. The first-order valence-electron chi connectivity index (χ1n) is 6.70. The first kappa shape index (κ1) is 15.4. The number of rotatable bonds is 6. The van der Waals surface area contributed by atoms with Crippen LogP contribution in [0.15, 0.2) is 33.6 Å². The summed E-state index contributed by atoms with van der Waals surface area (Å²) in [5.74, 6) is 1.79. The fourth-order valence-corrected chi connectivity index (χ4v) is 3.86. The van der Waals surface area contributed by atoms with Gasteiger partial charge in [0.1, 0.15) is 5.75 Å². The summed E-state index contributed by atoms with van der Waals surface area (Å²) in [6.07, 6.45) is 0.949. The molecule has 0 saturated carbocycles. The van der Waals surface area contributed by atoms with Crippen molar-refractivity contribution in [3.63, 3.8) is 0 Å². The van der Waals surface area contributed by atoms with Gasteiger partial charge in [-0.1, -0.05) is 13.0 Å². The molecule has 20 heavy (non-hydrogen) atoms. The van der Waals surface area contributed by atoms with Gasteiger partial charge in [-0.15, -0.1) is 11.8 Å². The second kappa shape index (κ2) is 7.18. The first-order valence-corrected chi connectivity index (χ1v) is 8.48. The molecule has 3 nitrogen and oxygen atoms in total. The molecule has 1 aromatic heterocycles. The Morgan fingerprint density at radius 1 is 1.35 bits per heavy atom. The van der Waals surface area contributed by atoms with Crippen molar-refractivity contribution in [1.29, 1.82) is 0 Å². The van der Waals surface area contributed by atoms with E-state index >= 15 is 0 Å². The number of methoxy groups -OCH3 is 1. The zero-order chi connectivity index (χ0) is 14.5. The zero-order valence-corrected chi connectivity index (χ0v) is 14.4. The molecule has 0 spiro atoms. The molecule has 108 valence electrons. The molecule has 1 heterocycles. The molecule has 5 heteroatoms. The van der Waals surface area contributed by atoms with Crippen LogP contribution in [-0.2, 0) is 18.7 Å². The zero-order valence-electron chi connectivity index (χ0n) is 12.0. The highest BCUT2D eigenvalue weighted by atomic mass is 79.9. The van der Waals surface area contributed by atoms with Crippen LogP contribution in [0.2, 0.25) is 0 Å². The van der Waals surface area contributed by atoms with Crippen molar-refractivity contribution in [2.75, 3.05) is 7.11 Å². The number of thioether (sulfide) groups is 1. The number of hydrogen-bond acceptors (Lipinski definition) is 3. The van der Waals surface area contributed by atoms with Crippen LogP contribution in [0.4, 0.5) is 0 Å². The van der Waals surface area contributed by atoms with Gasteiger partial charge in [0.15, 0.2) is 0 Å². The standard InChI is InChI=1S/C15H19BrN2OS/c1-4-13-15(16)14(18(5-2)17-13)10-20-12-8-6-7-11(9-12)19-3/h6-9H,4-5,10H2,1-3H3. The smallest absolute Gasteiger partial charge is 0.119 e. The van der Waals surface area contributed by atoms with E-state index in [9.17, 15) is 0 Å². The first-order chi connectivity index (χ1) is 9.69. The summed E-state index contributed by atoms with van der Waals surface area (Å²) in [5, 5.41) is 4.62. The highest BCUT2D eigenvalue weighted by Gasteiger charge is 2.13. The molecule has 0 unspecified atom stereocenters. The van der Waals surface area contributed by atoms with Gasteiger partial charge in [0.25, 0.3) is 0 Å². The van der Waals surface area contributed by atoms with Crippen LogP contribution in [0.5, 0.6) is 5.75 Å². The van der Waals surface area contributed by atoms with Gasteiger partial charge >= 0.3 is 0 Å². The second-order valence-electron chi connectivity index (χ2n) is 4.34. The minimum Gasteiger partial charge on any atom is -0.497 e. The lowest BCUT2D eigenvalue weighted by molar-refractivity contribution is 0.413. The molecule has 0 N–H and O–H groups in total. The van der Waals surface area contributed by atoms with E-state index in [1.165, 1.54) is 10.6 Å². The number of aryl methyl sites for hydroxylation is 2. The number of aromatic nitrogens is 2. The molecule has 0 aliphatic heterocycles. The third-order valence-electron chi connectivity index (χ3n) is 3.11. The van der Waals surface area contributed by atoms with Gasteiger partial charge in [-0.25, -0.2) is 0 Å². The lowest BCUT2D eigenvalue weighted by Crippen LogP contribution is -2.01. The Hall–Kier alpha value is -0.940. The van der Waals surface area contributed by atoms with Crippen LogP contribution in [0.3, 0.4) is 0 Å². The van der Waals surface area contributed by atoms with Gasteiger partial charge in [0, 0.05) is 17.2 Å². The molecule has 2 rings (SSSR count). The Labute approximate surface area is 132 Å².